The third-order valence-corrected chi connectivity index (χ3v) is 5.06. The molecular weight excluding hydrogens is 413 g/mol. The van der Waals surface area contributed by atoms with Crippen molar-refractivity contribution in [2.45, 2.75) is 13.8 Å². The molecule has 8 heteroatoms. The molecule has 1 N–H and O–H groups in total. The van der Waals surface area contributed by atoms with Gasteiger partial charge in [0.25, 0.3) is 5.56 Å². The molecule has 4 rings (SSSR count). The van der Waals surface area contributed by atoms with E-state index in [1.807, 2.05) is 0 Å². The van der Waals surface area contributed by atoms with Crippen molar-refractivity contribution in [3.05, 3.63) is 82.7 Å². The summed E-state index contributed by atoms with van der Waals surface area (Å²) < 4.78 is 26.5. The van der Waals surface area contributed by atoms with E-state index in [0.717, 1.165) is 0 Å². The highest BCUT2D eigenvalue weighted by Gasteiger charge is 2.19. The van der Waals surface area contributed by atoms with Crippen LogP contribution in [-0.4, -0.2) is 15.6 Å². The Hall–Kier alpha value is -4.20. The fraction of sp³-hybridized carbons (Fsp3) is 0.125. The lowest BCUT2D eigenvalue weighted by atomic mass is 10.0. The van der Waals surface area contributed by atoms with Gasteiger partial charge < -0.3 is 19.1 Å². The van der Waals surface area contributed by atoms with Crippen molar-refractivity contribution in [3.63, 3.8) is 0 Å². The molecule has 0 saturated heterocycles. The van der Waals surface area contributed by atoms with Gasteiger partial charge in [-0.2, -0.15) is 0 Å². The van der Waals surface area contributed by atoms with Crippen molar-refractivity contribution in [2.24, 2.45) is 7.05 Å². The minimum atomic E-state index is -0.370. The highest BCUT2D eigenvalue weighted by atomic mass is 19.1. The van der Waals surface area contributed by atoms with Crippen LogP contribution in [0.4, 0.5) is 10.1 Å². The van der Waals surface area contributed by atoms with Gasteiger partial charge in [-0.05, 0) is 61.4 Å². The summed E-state index contributed by atoms with van der Waals surface area (Å²) >= 11 is 0. The number of ether oxygens (including phenoxy) is 1. The number of halogens is 1. The Morgan fingerprint density at radius 1 is 1.22 bits per heavy atom. The monoisotopic (exact) mass is 433 g/mol. The van der Waals surface area contributed by atoms with Crippen LogP contribution in [0.1, 0.15) is 11.1 Å². The van der Waals surface area contributed by atoms with E-state index >= 15 is 0 Å². The van der Waals surface area contributed by atoms with E-state index in [1.54, 1.807) is 45.3 Å². The van der Waals surface area contributed by atoms with Crippen LogP contribution >= 0.6 is 0 Å². The molecule has 4 aromatic rings. The number of hydrogen-bond acceptors (Lipinski definition) is 5. The maximum absolute atomic E-state index is 13.8. The third kappa shape index (κ3) is 3.78. The number of fused-ring (bicyclic) bond motifs is 1. The van der Waals surface area contributed by atoms with Crippen LogP contribution in [0.15, 0.2) is 64.7 Å². The summed E-state index contributed by atoms with van der Waals surface area (Å²) in [5.74, 6) is 0.243. The van der Waals surface area contributed by atoms with E-state index in [4.69, 9.17) is 9.26 Å². The number of nitrogens with zero attached hydrogens (tertiary/aromatic N) is 2. The van der Waals surface area contributed by atoms with Crippen LogP contribution in [0.3, 0.4) is 0 Å². The molecule has 1 amide bonds. The van der Waals surface area contributed by atoms with Crippen molar-refractivity contribution < 1.29 is 18.4 Å². The van der Waals surface area contributed by atoms with E-state index in [0.29, 0.717) is 44.8 Å². The van der Waals surface area contributed by atoms with E-state index in [-0.39, 0.29) is 22.9 Å². The van der Waals surface area contributed by atoms with Gasteiger partial charge in [0, 0.05) is 30.1 Å². The van der Waals surface area contributed by atoms with Gasteiger partial charge in [0.15, 0.2) is 0 Å². The molecule has 2 aromatic heterocycles. The molecule has 32 heavy (non-hydrogen) atoms. The molecule has 7 nitrogen and oxygen atoms in total. The number of aromatic nitrogens is 2. The standard InChI is InChI=1S/C24H20FN3O4/c1-5-21(29)27-16-6-7-20(31-22-13(2)8-15(25)9-14(22)3)17(10-16)19-12-28(4)24(30)23-18(19)11-26-32-23/h5-12H,1H2,2-4H3,(H,27,29). The molecule has 0 fully saturated rings. The number of pyridine rings is 1. The molecule has 0 atom stereocenters. The number of rotatable bonds is 5. The maximum Gasteiger partial charge on any atom is 0.296 e. The first-order valence-electron chi connectivity index (χ1n) is 9.75. The zero-order valence-electron chi connectivity index (χ0n) is 17.7. The molecule has 0 bridgehead atoms. The number of benzene rings is 2. The van der Waals surface area contributed by atoms with E-state index in [1.165, 1.54) is 29.0 Å². The van der Waals surface area contributed by atoms with Crippen molar-refractivity contribution in [2.75, 3.05) is 5.32 Å². The second-order valence-electron chi connectivity index (χ2n) is 7.40. The number of carbonyl (C=O) groups is 1. The summed E-state index contributed by atoms with van der Waals surface area (Å²) in [6.07, 6.45) is 4.27. The van der Waals surface area contributed by atoms with Gasteiger partial charge in [-0.25, -0.2) is 4.39 Å². The van der Waals surface area contributed by atoms with Gasteiger partial charge in [0.05, 0.1) is 11.6 Å². The van der Waals surface area contributed by atoms with Crippen molar-refractivity contribution in [3.8, 4) is 22.6 Å². The van der Waals surface area contributed by atoms with Crippen molar-refractivity contribution in [1.82, 2.24) is 9.72 Å². The summed E-state index contributed by atoms with van der Waals surface area (Å²) in [4.78, 5) is 24.2. The number of aryl methyl sites for hydroxylation is 3. The summed E-state index contributed by atoms with van der Waals surface area (Å²) in [7, 11) is 1.60. The zero-order chi connectivity index (χ0) is 23.0. The molecule has 0 spiro atoms. The normalized spacial score (nSPS) is 10.9. The Labute approximate surface area is 182 Å². The lowest BCUT2D eigenvalue weighted by Gasteiger charge is -2.17. The predicted octanol–water partition coefficient (Wildman–Crippen LogP) is 4.87. The average Bonchev–Trinajstić information content (AvgIpc) is 3.24. The fourth-order valence-electron chi connectivity index (χ4n) is 3.55. The quantitative estimate of drug-likeness (QED) is 0.454. The lowest BCUT2D eigenvalue weighted by molar-refractivity contribution is -0.111. The number of carbonyl (C=O) groups excluding carboxylic acids is 1. The molecule has 0 saturated carbocycles. The zero-order valence-corrected chi connectivity index (χ0v) is 17.7. The Bertz CT molecular complexity index is 1410. The topological polar surface area (TPSA) is 86.4 Å². The first-order chi connectivity index (χ1) is 15.3. The molecule has 2 heterocycles. The number of amides is 1. The van der Waals surface area contributed by atoms with Gasteiger partial charge in [-0.1, -0.05) is 11.7 Å². The summed E-state index contributed by atoms with van der Waals surface area (Å²) in [5, 5.41) is 6.99. The van der Waals surface area contributed by atoms with Crippen LogP contribution in [0.25, 0.3) is 22.1 Å². The lowest BCUT2D eigenvalue weighted by Crippen LogP contribution is -2.15. The highest BCUT2D eigenvalue weighted by molar-refractivity contribution is 6.00. The Morgan fingerprint density at radius 2 is 1.94 bits per heavy atom. The van der Waals surface area contributed by atoms with E-state index in [2.05, 4.69) is 17.1 Å². The maximum atomic E-state index is 13.8. The largest absolute Gasteiger partial charge is 0.456 e. The third-order valence-electron chi connectivity index (χ3n) is 5.06. The first kappa shape index (κ1) is 21.0. The number of nitrogens with one attached hydrogen (secondary N) is 1. The van der Waals surface area contributed by atoms with E-state index < -0.39 is 0 Å². The van der Waals surface area contributed by atoms with Gasteiger partial charge >= 0.3 is 0 Å². The Kier molecular flexibility index (Phi) is 5.36. The minimum absolute atomic E-state index is 0.102. The van der Waals surface area contributed by atoms with Crippen LogP contribution < -0.4 is 15.6 Å². The summed E-state index contributed by atoms with van der Waals surface area (Å²) in [6.45, 7) is 6.98. The molecule has 2 aromatic carbocycles. The number of anilines is 1. The highest BCUT2D eigenvalue weighted by Crippen LogP contribution is 2.40. The molecule has 0 aliphatic heterocycles. The molecule has 0 aliphatic rings. The fourth-order valence-corrected chi connectivity index (χ4v) is 3.55. The molecular formula is C24H20FN3O4. The van der Waals surface area contributed by atoms with Crippen molar-refractivity contribution in [1.29, 1.82) is 0 Å². The second kappa shape index (κ2) is 8.14. The Balaban J connectivity index is 1.94. The molecule has 162 valence electrons. The van der Waals surface area contributed by atoms with Gasteiger partial charge in [0.2, 0.25) is 11.5 Å². The predicted molar refractivity (Wildman–Crippen MR) is 119 cm³/mol. The SMILES string of the molecule is C=CC(=O)Nc1ccc(Oc2c(C)cc(F)cc2C)c(-c2cn(C)c(=O)c3oncc23)c1. The van der Waals surface area contributed by atoms with Crippen LogP contribution in [0, 0.1) is 19.7 Å². The van der Waals surface area contributed by atoms with E-state index in [9.17, 15) is 14.0 Å². The molecule has 0 unspecified atom stereocenters. The number of hydrogen-bond donors (Lipinski definition) is 1. The smallest absolute Gasteiger partial charge is 0.296 e. The Morgan fingerprint density at radius 3 is 2.62 bits per heavy atom. The second-order valence-corrected chi connectivity index (χ2v) is 7.40. The van der Waals surface area contributed by atoms with Crippen LogP contribution in [0.5, 0.6) is 11.5 Å². The first-order valence-corrected chi connectivity index (χ1v) is 9.75. The van der Waals surface area contributed by atoms with Gasteiger partial charge in [-0.15, -0.1) is 0 Å². The van der Waals surface area contributed by atoms with Gasteiger partial charge in [0.1, 0.15) is 17.3 Å². The van der Waals surface area contributed by atoms with Crippen LogP contribution in [0.2, 0.25) is 0 Å². The van der Waals surface area contributed by atoms with Crippen molar-refractivity contribution >= 4 is 22.6 Å². The molecule has 0 radical (unpaired) electrons. The summed E-state index contributed by atoms with van der Waals surface area (Å²) in [6, 6.07) is 7.88. The molecule has 0 aliphatic carbocycles. The minimum Gasteiger partial charge on any atom is -0.456 e. The summed E-state index contributed by atoms with van der Waals surface area (Å²) in [5.41, 5.74) is 2.74. The average molecular weight is 433 g/mol. The van der Waals surface area contributed by atoms with Crippen LogP contribution in [-0.2, 0) is 11.8 Å². The van der Waals surface area contributed by atoms with Gasteiger partial charge in [-0.3, -0.25) is 9.59 Å².